The fourth-order valence-electron chi connectivity index (χ4n) is 3.20. The molecule has 0 aromatic rings. The molecule has 0 aliphatic heterocycles. The molecule has 0 aromatic carbocycles. The van der Waals surface area contributed by atoms with Crippen LogP contribution in [0.25, 0.3) is 0 Å². The predicted octanol–water partition coefficient (Wildman–Crippen LogP) is 2.88. The number of halogens is 3. The average Bonchev–Trinajstić information content (AvgIpc) is 2.44. The first-order valence-corrected chi connectivity index (χ1v) is 7.92. The molecule has 25 heavy (non-hydrogen) atoms. The predicted molar refractivity (Wildman–Crippen MR) is 84.2 cm³/mol. The Morgan fingerprint density at radius 2 is 1.96 bits per heavy atom. The first kappa shape index (κ1) is 21.0. The van der Waals surface area contributed by atoms with Crippen LogP contribution in [0.15, 0.2) is 11.3 Å². The minimum Gasteiger partial charge on any atom is -0.478 e. The van der Waals surface area contributed by atoms with E-state index in [1.807, 2.05) is 0 Å². The van der Waals surface area contributed by atoms with Crippen LogP contribution in [-0.2, 0) is 14.3 Å². The highest BCUT2D eigenvalue weighted by molar-refractivity contribution is 6.08. The number of alkyl halides is 3. The Morgan fingerprint density at radius 1 is 1.36 bits per heavy atom. The zero-order chi connectivity index (χ0) is 19.4. The van der Waals surface area contributed by atoms with Crippen LogP contribution in [0.4, 0.5) is 13.2 Å². The van der Waals surface area contributed by atoms with Gasteiger partial charge in [0.2, 0.25) is 0 Å². The molecule has 2 atom stereocenters. The number of aliphatic carboxylic acids is 1. The van der Waals surface area contributed by atoms with E-state index in [4.69, 9.17) is 15.3 Å². The first-order chi connectivity index (χ1) is 11.4. The van der Waals surface area contributed by atoms with E-state index in [1.165, 1.54) is 0 Å². The molecule has 1 aliphatic carbocycles. The topological polar surface area (TPSA) is 99.5 Å². The van der Waals surface area contributed by atoms with Gasteiger partial charge in [0, 0.05) is 12.3 Å². The molecule has 1 rings (SSSR count). The monoisotopic (exact) mass is 364 g/mol. The van der Waals surface area contributed by atoms with Gasteiger partial charge in [0.05, 0.1) is 12.5 Å². The Bertz CT molecular complexity index is 570. The average molecular weight is 364 g/mol. The Labute approximate surface area is 143 Å². The van der Waals surface area contributed by atoms with Crippen LogP contribution in [0, 0.1) is 16.7 Å². The van der Waals surface area contributed by atoms with E-state index >= 15 is 0 Å². The second kappa shape index (κ2) is 7.88. The zero-order valence-corrected chi connectivity index (χ0v) is 14.4. The molecule has 1 fully saturated rings. The van der Waals surface area contributed by atoms with Crippen molar-refractivity contribution in [2.75, 3.05) is 6.61 Å². The number of allylic oxidation sites excluding steroid dienone is 1. The van der Waals surface area contributed by atoms with Crippen molar-refractivity contribution in [3.63, 3.8) is 0 Å². The van der Waals surface area contributed by atoms with Crippen molar-refractivity contribution in [3.05, 3.63) is 11.3 Å². The molecule has 0 unspecified atom stereocenters. The summed E-state index contributed by atoms with van der Waals surface area (Å²) in [7, 11) is 0. The molecule has 0 bridgehead atoms. The van der Waals surface area contributed by atoms with E-state index in [9.17, 15) is 22.8 Å². The van der Waals surface area contributed by atoms with Gasteiger partial charge in [-0.2, -0.15) is 13.2 Å². The van der Waals surface area contributed by atoms with Crippen molar-refractivity contribution in [1.82, 2.24) is 5.32 Å². The summed E-state index contributed by atoms with van der Waals surface area (Å²) in [6.45, 7) is 5.46. The van der Waals surface area contributed by atoms with Crippen LogP contribution < -0.4 is 5.32 Å². The minimum absolute atomic E-state index is 0.174. The van der Waals surface area contributed by atoms with Crippen LogP contribution >= 0.6 is 0 Å². The maximum absolute atomic E-state index is 13.2. The molecule has 0 radical (unpaired) electrons. The number of carboxylic acid groups (broad SMARTS) is 1. The Kier molecular flexibility index (Phi) is 6.61. The lowest BCUT2D eigenvalue weighted by atomic mass is 9.67. The summed E-state index contributed by atoms with van der Waals surface area (Å²) in [6, 6.07) is -0.661. The summed E-state index contributed by atoms with van der Waals surface area (Å²) in [6.07, 6.45) is -3.92. The van der Waals surface area contributed by atoms with Gasteiger partial charge in [-0.15, -0.1) is 0 Å². The van der Waals surface area contributed by atoms with Crippen LogP contribution in [0.1, 0.15) is 40.0 Å². The molecule has 3 N–H and O–H groups in total. The molecule has 0 saturated heterocycles. The first-order valence-electron chi connectivity index (χ1n) is 7.92. The Balaban J connectivity index is 3.02. The number of nitrogens with one attached hydrogen (secondary N) is 2. The number of carbonyl (C=O) groups excluding carboxylic acids is 1. The van der Waals surface area contributed by atoms with Crippen molar-refractivity contribution in [2.24, 2.45) is 11.3 Å². The molecule has 1 aliphatic rings. The second-order valence-corrected chi connectivity index (χ2v) is 6.65. The van der Waals surface area contributed by atoms with Gasteiger partial charge in [-0.25, -0.2) is 4.79 Å². The summed E-state index contributed by atoms with van der Waals surface area (Å²) in [5.41, 5.74) is -3.18. The van der Waals surface area contributed by atoms with Crippen LogP contribution in [0.5, 0.6) is 0 Å². The second-order valence-electron chi connectivity index (χ2n) is 6.65. The highest BCUT2D eigenvalue weighted by Crippen LogP contribution is 2.42. The fraction of sp³-hybridized carbons (Fsp3) is 0.688. The molecule has 142 valence electrons. The zero-order valence-electron chi connectivity index (χ0n) is 14.4. The molecule has 0 spiro atoms. The SMILES string of the molecule is CCOC(=O)[C@H]1CC[C@H](N/C(=C(\C=N)C(=O)O)C(F)(F)F)CC1(C)C. The number of esters is 1. The highest BCUT2D eigenvalue weighted by atomic mass is 19.4. The number of carboxylic acids is 1. The number of carbonyl (C=O) groups is 2. The van der Waals surface area contributed by atoms with Crippen molar-refractivity contribution in [2.45, 2.75) is 52.3 Å². The molecule has 6 nitrogen and oxygen atoms in total. The molecular formula is C16H23F3N2O4. The molecule has 1 saturated carbocycles. The summed E-state index contributed by atoms with van der Waals surface area (Å²) in [4.78, 5) is 23.0. The lowest BCUT2D eigenvalue weighted by molar-refractivity contribution is -0.154. The van der Waals surface area contributed by atoms with Gasteiger partial charge in [0.15, 0.2) is 0 Å². The van der Waals surface area contributed by atoms with Crippen molar-refractivity contribution < 1.29 is 32.6 Å². The van der Waals surface area contributed by atoms with E-state index in [0.29, 0.717) is 6.42 Å². The molecular weight excluding hydrogens is 341 g/mol. The van der Waals surface area contributed by atoms with Gasteiger partial charge in [0.1, 0.15) is 11.3 Å². The summed E-state index contributed by atoms with van der Waals surface area (Å²) in [5, 5.41) is 18.1. The molecule has 0 amide bonds. The third kappa shape index (κ3) is 5.20. The smallest absolute Gasteiger partial charge is 0.431 e. The van der Waals surface area contributed by atoms with Gasteiger partial charge in [-0.1, -0.05) is 13.8 Å². The maximum Gasteiger partial charge on any atom is 0.431 e. The fourth-order valence-corrected chi connectivity index (χ4v) is 3.20. The van der Waals surface area contributed by atoms with E-state index < -0.39 is 40.8 Å². The molecule has 9 heteroatoms. The van der Waals surface area contributed by atoms with Gasteiger partial charge in [0.25, 0.3) is 0 Å². The molecule has 0 heterocycles. The quantitative estimate of drug-likeness (QED) is 0.382. The Hall–Kier alpha value is -2.06. The third-order valence-electron chi connectivity index (χ3n) is 4.37. The molecule has 0 aromatic heterocycles. The lowest BCUT2D eigenvalue weighted by Gasteiger charge is -2.41. The van der Waals surface area contributed by atoms with Gasteiger partial charge in [-0.3, -0.25) is 4.79 Å². The van der Waals surface area contributed by atoms with Crippen molar-refractivity contribution >= 4 is 18.2 Å². The summed E-state index contributed by atoms with van der Waals surface area (Å²) in [5.74, 6) is -2.62. The number of hydrogen-bond donors (Lipinski definition) is 3. The van der Waals surface area contributed by atoms with Crippen LogP contribution in [-0.4, -0.2) is 42.1 Å². The number of ether oxygens (including phenoxy) is 1. The van der Waals surface area contributed by atoms with Crippen LogP contribution in [0.3, 0.4) is 0 Å². The Morgan fingerprint density at radius 3 is 2.36 bits per heavy atom. The lowest BCUT2D eigenvalue weighted by Crippen LogP contribution is -2.46. The van der Waals surface area contributed by atoms with E-state index in [-0.39, 0.29) is 31.6 Å². The minimum atomic E-state index is -4.92. The van der Waals surface area contributed by atoms with Crippen LogP contribution in [0.2, 0.25) is 0 Å². The van der Waals surface area contributed by atoms with Gasteiger partial charge < -0.3 is 20.6 Å². The van der Waals surface area contributed by atoms with Crippen molar-refractivity contribution in [3.8, 4) is 0 Å². The van der Waals surface area contributed by atoms with Crippen molar-refractivity contribution in [1.29, 1.82) is 5.41 Å². The van der Waals surface area contributed by atoms with E-state index in [1.54, 1.807) is 20.8 Å². The summed E-state index contributed by atoms with van der Waals surface area (Å²) >= 11 is 0. The van der Waals surface area contributed by atoms with E-state index in [0.717, 1.165) is 0 Å². The largest absolute Gasteiger partial charge is 0.478 e. The summed E-state index contributed by atoms with van der Waals surface area (Å²) < 4.78 is 44.6. The third-order valence-corrected chi connectivity index (χ3v) is 4.37. The highest BCUT2D eigenvalue weighted by Gasteiger charge is 2.45. The number of rotatable bonds is 6. The van der Waals surface area contributed by atoms with E-state index in [2.05, 4.69) is 5.32 Å². The van der Waals surface area contributed by atoms with Gasteiger partial charge >= 0.3 is 18.1 Å². The van der Waals surface area contributed by atoms with Gasteiger partial charge in [-0.05, 0) is 31.6 Å². The maximum atomic E-state index is 13.2. The number of hydrogen-bond acceptors (Lipinski definition) is 5. The standard InChI is InChI=1S/C16H23F3N2O4/c1-4-25-14(24)11-6-5-9(7-15(11,2)3)21-12(16(17,18)19)10(8-20)13(22)23/h8-9,11,20-21H,4-7H2,1-3H3,(H,22,23)/b12-10+,20-8?/t9-,11+/m0/s1. The normalized spacial score (nSPS) is 24.1.